The van der Waals surface area contributed by atoms with Gasteiger partial charge >= 0.3 is 0 Å². The average Bonchev–Trinajstić information content (AvgIpc) is 3.44. The molecule has 2 aliphatic rings. The molecule has 3 atom stereocenters. The van der Waals surface area contributed by atoms with Crippen molar-refractivity contribution in [3.63, 3.8) is 0 Å². The second-order valence-electron chi connectivity index (χ2n) is 8.45. The molecule has 1 aliphatic carbocycles. The first-order valence-electron chi connectivity index (χ1n) is 10.1. The van der Waals surface area contributed by atoms with E-state index in [-0.39, 0.29) is 22.7 Å². The Morgan fingerprint density at radius 2 is 2.07 bits per heavy atom. The number of aliphatic hydroxyl groups excluding tert-OH is 1. The molecule has 1 aromatic carbocycles. The Balaban J connectivity index is 1.83. The molecule has 1 aromatic rings. The zero-order valence-electron chi connectivity index (χ0n) is 17.6. The highest BCUT2D eigenvalue weighted by atomic mass is 32.2. The van der Waals surface area contributed by atoms with E-state index in [1.165, 1.54) is 19.8 Å². The van der Waals surface area contributed by atoms with Crippen molar-refractivity contribution < 1.29 is 24.2 Å². The molecule has 3 rings (SSSR count). The van der Waals surface area contributed by atoms with Gasteiger partial charge < -0.3 is 19.5 Å². The minimum Gasteiger partial charge on any atom is -0.493 e. The van der Waals surface area contributed by atoms with Crippen molar-refractivity contribution in [1.29, 1.82) is 0 Å². The lowest BCUT2D eigenvalue weighted by molar-refractivity contribution is -0.128. The smallest absolute Gasteiger partial charge is 0.233 e. The van der Waals surface area contributed by atoms with Gasteiger partial charge in [-0.3, -0.25) is 9.59 Å². The first-order valence-corrected chi connectivity index (χ1v) is 11.1. The predicted octanol–water partition coefficient (Wildman–Crippen LogP) is 3.08. The fourth-order valence-corrected chi connectivity index (χ4v) is 4.39. The number of hydrogen-bond acceptors (Lipinski definition) is 6. The largest absolute Gasteiger partial charge is 0.493 e. The number of hydrogen-bond donors (Lipinski definition) is 1. The second kappa shape index (κ2) is 8.96. The van der Waals surface area contributed by atoms with E-state index in [0.717, 1.165) is 17.3 Å². The summed E-state index contributed by atoms with van der Waals surface area (Å²) >= 11 is 1.03. The van der Waals surface area contributed by atoms with Crippen LogP contribution in [0, 0.1) is 11.3 Å². The van der Waals surface area contributed by atoms with E-state index in [1.54, 1.807) is 18.9 Å². The van der Waals surface area contributed by atoms with Crippen LogP contribution >= 0.6 is 11.8 Å². The Kier molecular flexibility index (Phi) is 6.79. The third-order valence-electron chi connectivity index (χ3n) is 6.20. The highest BCUT2D eigenvalue weighted by Gasteiger charge is 2.48. The van der Waals surface area contributed by atoms with Gasteiger partial charge in [-0.05, 0) is 43.4 Å². The van der Waals surface area contributed by atoms with Crippen LogP contribution in [0.4, 0.5) is 0 Å². The first-order chi connectivity index (χ1) is 13.7. The maximum atomic E-state index is 12.6. The van der Waals surface area contributed by atoms with Gasteiger partial charge in [0.15, 0.2) is 16.6 Å². The number of carbonyl (C=O) groups is 2. The average molecular weight is 422 g/mol. The van der Waals surface area contributed by atoms with Crippen LogP contribution in [0.15, 0.2) is 18.2 Å². The molecule has 160 valence electrons. The summed E-state index contributed by atoms with van der Waals surface area (Å²) in [6, 6.07) is 5.88. The van der Waals surface area contributed by atoms with Crippen molar-refractivity contribution in [2.24, 2.45) is 11.3 Å². The first kappa shape index (κ1) is 22.0. The number of nitrogens with zero attached hydrogens (tertiary/aromatic N) is 1. The third-order valence-corrected chi connectivity index (χ3v) is 7.00. The van der Waals surface area contributed by atoms with Crippen LogP contribution < -0.4 is 9.47 Å². The van der Waals surface area contributed by atoms with E-state index in [1.807, 2.05) is 25.1 Å². The summed E-state index contributed by atoms with van der Waals surface area (Å²) < 4.78 is 11.5. The number of likely N-dealkylation sites (tertiary alicyclic amines) is 1. The third kappa shape index (κ3) is 5.07. The summed E-state index contributed by atoms with van der Waals surface area (Å²) in [6.07, 6.45) is 1.82. The van der Waals surface area contributed by atoms with Crippen molar-refractivity contribution >= 4 is 22.8 Å². The zero-order valence-corrected chi connectivity index (χ0v) is 18.5. The second-order valence-corrected chi connectivity index (χ2v) is 9.61. The molecule has 1 saturated heterocycles. The summed E-state index contributed by atoms with van der Waals surface area (Å²) in [7, 11) is 1.63. The van der Waals surface area contributed by atoms with Crippen molar-refractivity contribution in [3.05, 3.63) is 23.8 Å². The molecule has 0 aromatic heterocycles. The molecular weight excluding hydrogens is 390 g/mol. The molecule has 0 spiro atoms. The Morgan fingerprint density at radius 1 is 1.34 bits per heavy atom. The number of methoxy groups -OCH3 is 1. The maximum absolute atomic E-state index is 12.6. The molecule has 6 nitrogen and oxygen atoms in total. The summed E-state index contributed by atoms with van der Waals surface area (Å²) in [5.41, 5.74) is 0.536. The predicted molar refractivity (Wildman–Crippen MR) is 113 cm³/mol. The van der Waals surface area contributed by atoms with Gasteiger partial charge in [-0.15, -0.1) is 0 Å². The van der Waals surface area contributed by atoms with Crippen LogP contribution in [0.5, 0.6) is 11.5 Å². The van der Waals surface area contributed by atoms with Crippen LogP contribution in [0.2, 0.25) is 0 Å². The summed E-state index contributed by atoms with van der Waals surface area (Å²) in [5.74, 6) is 2.06. The van der Waals surface area contributed by atoms with Crippen molar-refractivity contribution in [1.82, 2.24) is 4.90 Å². The monoisotopic (exact) mass is 421 g/mol. The fourth-order valence-electron chi connectivity index (χ4n) is 3.88. The van der Waals surface area contributed by atoms with E-state index < -0.39 is 11.5 Å². The van der Waals surface area contributed by atoms with Crippen molar-refractivity contribution in [2.75, 3.05) is 32.6 Å². The van der Waals surface area contributed by atoms with Gasteiger partial charge in [-0.2, -0.15) is 0 Å². The van der Waals surface area contributed by atoms with E-state index >= 15 is 0 Å². The number of carbonyl (C=O) groups excluding carboxylic acids is 2. The van der Waals surface area contributed by atoms with Gasteiger partial charge in [0, 0.05) is 31.3 Å². The van der Waals surface area contributed by atoms with Crippen molar-refractivity contribution in [2.45, 2.75) is 45.6 Å². The molecule has 1 aliphatic heterocycles. The minimum absolute atomic E-state index is 0.0389. The van der Waals surface area contributed by atoms with Gasteiger partial charge in [-0.1, -0.05) is 24.8 Å². The Morgan fingerprint density at radius 3 is 2.66 bits per heavy atom. The van der Waals surface area contributed by atoms with Crippen LogP contribution in [-0.2, 0) is 9.59 Å². The van der Waals surface area contributed by atoms with Crippen LogP contribution in [-0.4, -0.2) is 59.7 Å². The lowest BCUT2D eigenvalue weighted by Gasteiger charge is -2.33. The van der Waals surface area contributed by atoms with Gasteiger partial charge in [0.05, 0.1) is 25.6 Å². The molecule has 0 radical (unpaired) electrons. The van der Waals surface area contributed by atoms with Crippen LogP contribution in [0.3, 0.4) is 0 Å². The highest BCUT2D eigenvalue weighted by Crippen LogP contribution is 2.47. The van der Waals surface area contributed by atoms with Crippen LogP contribution in [0.25, 0.3) is 0 Å². The lowest BCUT2D eigenvalue weighted by Crippen LogP contribution is -2.38. The summed E-state index contributed by atoms with van der Waals surface area (Å²) in [4.78, 5) is 25.6. The summed E-state index contributed by atoms with van der Waals surface area (Å²) in [6.45, 7) is 6.90. The lowest BCUT2D eigenvalue weighted by atomic mass is 9.72. The van der Waals surface area contributed by atoms with Crippen LogP contribution in [0.1, 0.15) is 45.1 Å². The number of amides is 1. The molecule has 1 N–H and O–H groups in total. The van der Waals surface area contributed by atoms with Gasteiger partial charge in [0.25, 0.3) is 0 Å². The molecule has 0 bridgehead atoms. The Labute approximate surface area is 176 Å². The topological polar surface area (TPSA) is 76.1 Å². The highest BCUT2D eigenvalue weighted by molar-refractivity contribution is 8.14. The Bertz CT molecular complexity index is 764. The molecule has 7 heteroatoms. The quantitative estimate of drug-likeness (QED) is 0.695. The minimum atomic E-state index is -0.594. The van der Waals surface area contributed by atoms with E-state index in [9.17, 15) is 14.7 Å². The van der Waals surface area contributed by atoms with Gasteiger partial charge in [-0.25, -0.2) is 0 Å². The molecule has 1 saturated carbocycles. The number of aliphatic hydroxyl groups is 1. The SMILES string of the molecule is COc1ccc([C@@H]2CN(C(=O)CSC(C)=O)C[C@]2(C)[C@@H](C)O)cc1OCC1CC1. The number of rotatable bonds is 8. The normalized spacial score (nSPS) is 25.0. The standard InChI is InChI=1S/C22H31NO5S/c1-14(24)22(3)13-23(21(26)12-29-15(2)25)10-18(22)17-7-8-19(27-4)20(9-17)28-11-16-5-6-16/h7-9,14,16,18,24H,5-6,10-13H2,1-4H3/t14-,18+,22-/m1/s1. The van der Waals surface area contributed by atoms with E-state index in [4.69, 9.17) is 9.47 Å². The molecule has 0 unspecified atom stereocenters. The van der Waals surface area contributed by atoms with Gasteiger partial charge in [0.2, 0.25) is 5.91 Å². The zero-order chi connectivity index (χ0) is 21.2. The Hall–Kier alpha value is -1.73. The van der Waals surface area contributed by atoms with Gasteiger partial charge in [0.1, 0.15) is 0 Å². The molecule has 1 amide bonds. The molecular formula is C22H31NO5S. The molecule has 29 heavy (non-hydrogen) atoms. The molecule has 2 fully saturated rings. The maximum Gasteiger partial charge on any atom is 0.233 e. The van der Waals surface area contributed by atoms with Crippen molar-refractivity contribution in [3.8, 4) is 11.5 Å². The van der Waals surface area contributed by atoms with E-state index in [0.29, 0.717) is 37.1 Å². The summed E-state index contributed by atoms with van der Waals surface area (Å²) in [5, 5.41) is 10.5. The fraction of sp³-hybridized carbons (Fsp3) is 0.636. The number of benzene rings is 1. The number of ether oxygens (including phenoxy) is 2. The molecule has 1 heterocycles. The van der Waals surface area contributed by atoms with E-state index in [2.05, 4.69) is 0 Å². The number of thioether (sulfide) groups is 1.